The zero-order valence-electron chi connectivity index (χ0n) is 19.8. The standard InChI is InChI=1S/C25H31N3O3S2/c1-5-31-25(30)22-18-10-8-6-7-9-11-20(18)33-24(22)28-21(29)12-13-32-23-19(14-26)16(3)15(2)17(4)27-23/h5-13H2,1-4H3,(H,28,29). The van der Waals surface area contributed by atoms with Crippen molar-refractivity contribution >= 4 is 40.0 Å². The smallest absolute Gasteiger partial charge is 0.341 e. The second-order valence-corrected chi connectivity index (χ2v) is 10.4. The number of pyridine rings is 1. The summed E-state index contributed by atoms with van der Waals surface area (Å²) in [6.45, 7) is 7.92. The van der Waals surface area contributed by atoms with Crippen LogP contribution in [-0.2, 0) is 22.4 Å². The van der Waals surface area contributed by atoms with E-state index in [1.165, 1.54) is 34.4 Å². The zero-order chi connectivity index (χ0) is 24.0. The molecule has 0 aromatic carbocycles. The predicted octanol–water partition coefficient (Wildman–Crippen LogP) is 5.90. The van der Waals surface area contributed by atoms with E-state index in [4.69, 9.17) is 4.74 Å². The van der Waals surface area contributed by atoms with Gasteiger partial charge in [-0.15, -0.1) is 23.1 Å². The van der Waals surface area contributed by atoms with Crippen molar-refractivity contribution in [2.24, 2.45) is 0 Å². The number of rotatable bonds is 7. The lowest BCUT2D eigenvalue weighted by Gasteiger charge is -2.12. The lowest BCUT2D eigenvalue weighted by molar-refractivity contribution is -0.115. The maximum absolute atomic E-state index is 12.8. The van der Waals surface area contributed by atoms with E-state index in [9.17, 15) is 14.9 Å². The molecule has 2 heterocycles. The number of nitrogens with one attached hydrogen (secondary N) is 1. The molecule has 33 heavy (non-hydrogen) atoms. The summed E-state index contributed by atoms with van der Waals surface area (Å²) >= 11 is 2.93. The van der Waals surface area contributed by atoms with Gasteiger partial charge in [-0.3, -0.25) is 4.79 Å². The normalized spacial score (nSPS) is 13.4. The number of thiophene rings is 1. The first-order valence-corrected chi connectivity index (χ1v) is 13.3. The van der Waals surface area contributed by atoms with E-state index >= 15 is 0 Å². The van der Waals surface area contributed by atoms with Crippen molar-refractivity contribution in [3.05, 3.63) is 38.4 Å². The molecule has 0 saturated heterocycles. The van der Waals surface area contributed by atoms with Crippen LogP contribution in [0.1, 0.15) is 82.2 Å². The van der Waals surface area contributed by atoms with Crippen LogP contribution in [0.25, 0.3) is 0 Å². The molecule has 0 radical (unpaired) electrons. The molecule has 0 atom stereocenters. The average Bonchev–Trinajstić information content (AvgIpc) is 3.08. The van der Waals surface area contributed by atoms with Crippen molar-refractivity contribution < 1.29 is 14.3 Å². The van der Waals surface area contributed by atoms with Gasteiger partial charge in [-0.25, -0.2) is 9.78 Å². The minimum Gasteiger partial charge on any atom is -0.462 e. The number of nitrogens with zero attached hydrogens (tertiary/aromatic N) is 2. The molecule has 6 nitrogen and oxygen atoms in total. The highest BCUT2D eigenvalue weighted by molar-refractivity contribution is 7.99. The summed E-state index contributed by atoms with van der Waals surface area (Å²) in [7, 11) is 0. The molecular weight excluding hydrogens is 454 g/mol. The number of esters is 1. The van der Waals surface area contributed by atoms with Crippen LogP contribution in [0.15, 0.2) is 5.03 Å². The van der Waals surface area contributed by atoms with Gasteiger partial charge < -0.3 is 10.1 Å². The van der Waals surface area contributed by atoms with Crippen LogP contribution in [0.4, 0.5) is 5.00 Å². The van der Waals surface area contributed by atoms with Crippen LogP contribution >= 0.6 is 23.1 Å². The number of carbonyl (C=O) groups excluding carboxylic acids is 2. The summed E-state index contributed by atoms with van der Waals surface area (Å²) in [5.74, 6) is -0.00926. The number of ether oxygens (including phenoxy) is 1. The molecule has 0 fully saturated rings. The van der Waals surface area contributed by atoms with Crippen LogP contribution in [0, 0.1) is 32.1 Å². The van der Waals surface area contributed by atoms with E-state index in [-0.39, 0.29) is 18.3 Å². The summed E-state index contributed by atoms with van der Waals surface area (Å²) in [6.07, 6.45) is 6.54. The molecule has 0 bridgehead atoms. The fourth-order valence-corrected chi connectivity index (χ4v) is 6.32. The van der Waals surface area contributed by atoms with Crippen molar-refractivity contribution in [3.63, 3.8) is 0 Å². The number of anilines is 1. The largest absolute Gasteiger partial charge is 0.462 e. The number of hydrogen-bond donors (Lipinski definition) is 1. The highest BCUT2D eigenvalue weighted by Gasteiger charge is 2.26. The molecule has 3 rings (SSSR count). The summed E-state index contributed by atoms with van der Waals surface area (Å²) in [5, 5.41) is 13.8. The van der Waals surface area contributed by atoms with Crippen LogP contribution in [-0.4, -0.2) is 29.2 Å². The third-order valence-corrected chi connectivity index (χ3v) is 8.23. The first-order valence-electron chi connectivity index (χ1n) is 11.5. The van der Waals surface area contributed by atoms with Gasteiger partial charge in [0.1, 0.15) is 16.1 Å². The highest BCUT2D eigenvalue weighted by atomic mass is 32.2. The molecule has 1 aliphatic carbocycles. The number of hydrogen-bond acceptors (Lipinski definition) is 7. The van der Waals surface area contributed by atoms with Crippen LogP contribution in [0.5, 0.6) is 0 Å². The van der Waals surface area contributed by atoms with Crippen molar-refractivity contribution in [1.82, 2.24) is 4.98 Å². The first-order chi connectivity index (χ1) is 15.9. The van der Waals surface area contributed by atoms with Gasteiger partial charge in [0.15, 0.2) is 0 Å². The van der Waals surface area contributed by atoms with Gasteiger partial charge in [-0.2, -0.15) is 5.26 Å². The van der Waals surface area contributed by atoms with Gasteiger partial charge in [0.2, 0.25) is 5.91 Å². The Morgan fingerprint density at radius 1 is 1.15 bits per heavy atom. The van der Waals surface area contributed by atoms with Crippen LogP contribution < -0.4 is 5.32 Å². The summed E-state index contributed by atoms with van der Waals surface area (Å²) in [4.78, 5) is 31.2. The molecule has 1 amide bonds. The summed E-state index contributed by atoms with van der Waals surface area (Å²) < 4.78 is 5.32. The van der Waals surface area contributed by atoms with Crippen molar-refractivity contribution in [3.8, 4) is 6.07 Å². The van der Waals surface area contributed by atoms with Gasteiger partial charge in [-0.05, 0) is 70.1 Å². The van der Waals surface area contributed by atoms with Crippen molar-refractivity contribution in [2.45, 2.75) is 77.7 Å². The molecule has 8 heteroatoms. The number of nitriles is 1. The Morgan fingerprint density at radius 3 is 2.58 bits per heavy atom. The van der Waals surface area contributed by atoms with E-state index in [2.05, 4.69) is 16.4 Å². The SMILES string of the molecule is CCOC(=O)c1c(NC(=O)CCSc2nc(C)c(C)c(C)c2C#N)sc2c1CCCCCC2. The number of fused-ring (bicyclic) bond motifs is 1. The molecule has 2 aromatic heterocycles. The minimum absolute atomic E-state index is 0.152. The Bertz CT molecular complexity index is 1090. The lowest BCUT2D eigenvalue weighted by atomic mass is 9.96. The third-order valence-electron chi connectivity index (χ3n) is 6.05. The van der Waals surface area contributed by atoms with Crippen LogP contribution in [0.2, 0.25) is 0 Å². The monoisotopic (exact) mass is 485 g/mol. The molecule has 0 unspecified atom stereocenters. The van der Waals surface area contributed by atoms with Gasteiger partial charge in [0.25, 0.3) is 0 Å². The lowest BCUT2D eigenvalue weighted by Crippen LogP contribution is -2.16. The number of amides is 1. The summed E-state index contributed by atoms with van der Waals surface area (Å²) in [6, 6.07) is 2.25. The van der Waals surface area contributed by atoms with E-state index in [1.807, 2.05) is 20.8 Å². The Balaban J connectivity index is 1.72. The topological polar surface area (TPSA) is 92.1 Å². The number of thioether (sulfide) groups is 1. The Labute approximate surface area is 204 Å². The Hall–Kier alpha value is -2.37. The molecular formula is C25H31N3O3S2. The Kier molecular flexibility index (Phi) is 8.93. The Morgan fingerprint density at radius 2 is 1.88 bits per heavy atom. The predicted molar refractivity (Wildman–Crippen MR) is 133 cm³/mol. The average molecular weight is 486 g/mol. The fraction of sp³-hybridized carbons (Fsp3) is 0.520. The molecule has 1 aliphatic rings. The third kappa shape index (κ3) is 5.96. The van der Waals surface area contributed by atoms with Crippen LogP contribution in [0.3, 0.4) is 0 Å². The maximum atomic E-state index is 12.8. The molecule has 0 aliphatic heterocycles. The number of carbonyl (C=O) groups is 2. The second-order valence-electron chi connectivity index (χ2n) is 8.23. The minimum atomic E-state index is -0.353. The second kappa shape index (κ2) is 11.7. The fourth-order valence-electron chi connectivity index (χ4n) is 4.00. The van der Waals surface area contributed by atoms with Gasteiger partial charge in [0.05, 0.1) is 17.7 Å². The highest BCUT2D eigenvalue weighted by Crippen LogP contribution is 2.38. The molecule has 1 N–H and O–H groups in total. The molecule has 0 spiro atoms. The van der Waals surface area contributed by atoms with E-state index < -0.39 is 0 Å². The van der Waals surface area contributed by atoms with Gasteiger partial charge in [0, 0.05) is 22.7 Å². The molecule has 0 saturated carbocycles. The van der Waals surface area contributed by atoms with Gasteiger partial charge in [-0.1, -0.05) is 12.8 Å². The number of aryl methyl sites for hydroxylation is 2. The first kappa shape index (κ1) is 25.3. The summed E-state index contributed by atoms with van der Waals surface area (Å²) in [5.41, 5.74) is 5.02. The molecule has 2 aromatic rings. The van der Waals surface area contributed by atoms with Gasteiger partial charge >= 0.3 is 5.97 Å². The molecule has 176 valence electrons. The maximum Gasteiger partial charge on any atom is 0.341 e. The van der Waals surface area contributed by atoms with Crippen molar-refractivity contribution in [2.75, 3.05) is 17.7 Å². The van der Waals surface area contributed by atoms with Crippen molar-refractivity contribution in [1.29, 1.82) is 5.26 Å². The van der Waals surface area contributed by atoms with E-state index in [0.29, 0.717) is 33.5 Å². The zero-order valence-corrected chi connectivity index (χ0v) is 21.4. The number of aromatic nitrogens is 1. The van der Waals surface area contributed by atoms with E-state index in [0.717, 1.165) is 54.5 Å². The quantitative estimate of drug-likeness (QED) is 0.388. The van der Waals surface area contributed by atoms with E-state index in [1.54, 1.807) is 6.92 Å².